The van der Waals surface area contributed by atoms with Gasteiger partial charge in [-0.1, -0.05) is 29.8 Å². The number of benzene rings is 2. The molecule has 1 aliphatic rings. The fraction of sp³-hybridized carbons (Fsp3) is 0.278. The summed E-state index contributed by atoms with van der Waals surface area (Å²) in [6.45, 7) is 0.693. The predicted molar refractivity (Wildman–Crippen MR) is 102 cm³/mol. The average Bonchev–Trinajstić information content (AvgIpc) is 2.57. The third-order valence-corrected chi connectivity index (χ3v) is 5.12. The second-order valence-corrected chi connectivity index (χ2v) is 8.62. The summed E-state index contributed by atoms with van der Waals surface area (Å²) in [7, 11) is -3.38. The fourth-order valence-electron chi connectivity index (χ4n) is 2.64. The topological polar surface area (TPSA) is 105 Å². The van der Waals surface area contributed by atoms with Gasteiger partial charge in [0, 0.05) is 22.8 Å². The second-order valence-electron chi connectivity index (χ2n) is 6.46. The van der Waals surface area contributed by atoms with E-state index in [0.29, 0.717) is 27.4 Å². The molecule has 7 nitrogen and oxygen atoms in total. The average molecular weight is 411 g/mol. The Hall–Kier alpha value is -2.13. The minimum absolute atomic E-state index is 0.191. The Bertz CT molecular complexity index is 956. The molecule has 1 fully saturated rings. The number of halogens is 1. The van der Waals surface area contributed by atoms with E-state index in [0.717, 1.165) is 6.26 Å². The number of rotatable bonds is 6. The lowest BCUT2D eigenvalue weighted by Crippen LogP contribution is -2.46. The van der Waals surface area contributed by atoms with Crippen molar-refractivity contribution in [1.82, 2.24) is 5.32 Å². The molecule has 0 radical (unpaired) electrons. The largest absolute Gasteiger partial charge is 0.380 e. The number of ether oxygens (including phenoxy) is 1. The van der Waals surface area contributed by atoms with E-state index in [-0.39, 0.29) is 25.7 Å². The van der Waals surface area contributed by atoms with Gasteiger partial charge in [-0.2, -0.15) is 0 Å². The highest BCUT2D eigenvalue weighted by Gasteiger charge is 2.37. The number of amides is 1. The first-order valence-electron chi connectivity index (χ1n) is 8.11. The highest BCUT2D eigenvalue weighted by molar-refractivity contribution is 7.92. The van der Waals surface area contributed by atoms with E-state index in [2.05, 4.69) is 10.0 Å². The van der Waals surface area contributed by atoms with Crippen molar-refractivity contribution in [3.63, 3.8) is 0 Å². The zero-order chi connectivity index (χ0) is 19.7. The fourth-order valence-corrected chi connectivity index (χ4v) is 3.44. The van der Waals surface area contributed by atoms with Crippen molar-refractivity contribution >= 4 is 33.2 Å². The quantitative estimate of drug-likeness (QED) is 0.674. The summed E-state index contributed by atoms with van der Waals surface area (Å²) in [6.07, 6.45) is 1.05. The maximum absolute atomic E-state index is 12.3. The lowest BCUT2D eigenvalue weighted by atomic mass is 9.91. The maximum Gasteiger partial charge on any atom is 0.251 e. The zero-order valence-electron chi connectivity index (χ0n) is 14.5. The molecule has 1 amide bonds. The molecule has 0 spiro atoms. The molecule has 3 rings (SSSR count). The van der Waals surface area contributed by atoms with E-state index in [1.54, 1.807) is 36.4 Å². The number of anilines is 1. The van der Waals surface area contributed by atoms with Crippen LogP contribution in [0.2, 0.25) is 5.02 Å². The van der Waals surface area contributed by atoms with Crippen LogP contribution >= 0.6 is 11.6 Å². The van der Waals surface area contributed by atoms with Crippen LogP contribution in [0, 0.1) is 0 Å². The van der Waals surface area contributed by atoms with Crippen LogP contribution in [0.15, 0.2) is 42.5 Å². The number of carbonyl (C=O) groups excluding carboxylic acids is 1. The number of hydrogen-bond acceptors (Lipinski definition) is 5. The summed E-state index contributed by atoms with van der Waals surface area (Å²) in [5.74, 6) is -0.284. The zero-order valence-corrected chi connectivity index (χ0v) is 16.1. The molecule has 9 heteroatoms. The highest BCUT2D eigenvalue weighted by Crippen LogP contribution is 2.29. The molecule has 0 bridgehead atoms. The number of nitrogens with one attached hydrogen (secondary N) is 2. The van der Waals surface area contributed by atoms with Crippen LogP contribution in [0.3, 0.4) is 0 Å². The molecule has 27 heavy (non-hydrogen) atoms. The van der Waals surface area contributed by atoms with E-state index in [4.69, 9.17) is 16.3 Å². The van der Waals surface area contributed by atoms with Crippen molar-refractivity contribution in [2.75, 3.05) is 24.2 Å². The Balaban J connectivity index is 1.62. The molecule has 144 valence electrons. The smallest absolute Gasteiger partial charge is 0.251 e. The van der Waals surface area contributed by atoms with Crippen molar-refractivity contribution < 1.29 is 23.1 Å². The van der Waals surface area contributed by atoms with E-state index in [9.17, 15) is 18.3 Å². The van der Waals surface area contributed by atoms with Crippen LogP contribution in [0.25, 0.3) is 0 Å². The summed E-state index contributed by atoms with van der Waals surface area (Å²) in [6, 6.07) is 11.4. The molecular formula is C18H19ClN2O5S. The summed E-state index contributed by atoms with van der Waals surface area (Å²) in [4.78, 5) is 12.3. The van der Waals surface area contributed by atoms with Gasteiger partial charge in [0.2, 0.25) is 10.0 Å². The highest BCUT2D eigenvalue weighted by atomic mass is 35.5. The number of hydrogen-bond donors (Lipinski definition) is 3. The molecule has 0 aromatic heterocycles. The summed E-state index contributed by atoms with van der Waals surface area (Å²) in [5.41, 5.74) is 1.20. The SMILES string of the molecule is CS(=O)(=O)Nc1ccc(CNC(=O)c2ccc(C3(O)COC3)cc2)c(Cl)c1. The molecule has 1 heterocycles. The monoisotopic (exact) mass is 410 g/mol. The second kappa shape index (κ2) is 7.47. The number of aliphatic hydroxyl groups is 1. The van der Waals surface area contributed by atoms with Crippen LogP contribution < -0.4 is 10.0 Å². The van der Waals surface area contributed by atoms with Gasteiger partial charge in [-0.3, -0.25) is 9.52 Å². The lowest BCUT2D eigenvalue weighted by Gasteiger charge is -2.36. The molecule has 0 unspecified atom stereocenters. The van der Waals surface area contributed by atoms with Gasteiger partial charge in [-0.05, 0) is 35.4 Å². The normalized spacial score (nSPS) is 15.7. The van der Waals surface area contributed by atoms with Crippen molar-refractivity contribution in [3.05, 3.63) is 64.2 Å². The molecule has 0 aliphatic carbocycles. The summed E-state index contributed by atoms with van der Waals surface area (Å²) in [5, 5.41) is 13.3. The molecule has 3 N–H and O–H groups in total. The van der Waals surface area contributed by atoms with Crippen molar-refractivity contribution in [2.45, 2.75) is 12.1 Å². The Kier molecular flexibility index (Phi) is 5.43. The van der Waals surface area contributed by atoms with Crippen molar-refractivity contribution in [2.24, 2.45) is 0 Å². The standard InChI is InChI=1S/C18H19ClN2O5S/c1-27(24,25)21-15-7-4-13(16(19)8-15)9-20-17(22)12-2-5-14(6-3-12)18(23)10-26-11-18/h2-8,21,23H,9-11H2,1H3,(H,20,22). The molecule has 0 saturated carbocycles. The summed E-state index contributed by atoms with van der Waals surface area (Å²) < 4.78 is 29.8. The van der Waals surface area contributed by atoms with E-state index < -0.39 is 15.6 Å². The van der Waals surface area contributed by atoms with E-state index >= 15 is 0 Å². The maximum atomic E-state index is 12.3. The van der Waals surface area contributed by atoms with Crippen LogP contribution in [0.1, 0.15) is 21.5 Å². The van der Waals surface area contributed by atoms with Gasteiger partial charge in [0.1, 0.15) is 5.60 Å². The minimum Gasteiger partial charge on any atom is -0.380 e. The molecule has 1 aliphatic heterocycles. The first kappa shape index (κ1) is 19.6. The van der Waals surface area contributed by atoms with Gasteiger partial charge in [-0.15, -0.1) is 0 Å². The molecular weight excluding hydrogens is 392 g/mol. The van der Waals surface area contributed by atoms with E-state index in [1.165, 1.54) is 6.07 Å². The Morgan fingerprint density at radius 3 is 2.41 bits per heavy atom. The predicted octanol–water partition coefficient (Wildman–Crippen LogP) is 1.86. The molecule has 2 aromatic rings. The third-order valence-electron chi connectivity index (χ3n) is 4.16. The van der Waals surface area contributed by atoms with Crippen LogP contribution in [-0.2, 0) is 26.9 Å². The first-order chi connectivity index (χ1) is 12.7. The van der Waals surface area contributed by atoms with Gasteiger partial charge < -0.3 is 15.2 Å². The number of sulfonamides is 1. The van der Waals surface area contributed by atoms with Crippen LogP contribution in [0.4, 0.5) is 5.69 Å². The Labute approximate surface area is 162 Å². The molecule has 1 saturated heterocycles. The Morgan fingerprint density at radius 1 is 1.22 bits per heavy atom. The van der Waals surface area contributed by atoms with E-state index in [1.807, 2.05) is 0 Å². The van der Waals surface area contributed by atoms with Gasteiger partial charge in [0.25, 0.3) is 5.91 Å². The van der Waals surface area contributed by atoms with Crippen LogP contribution in [0.5, 0.6) is 0 Å². The number of carbonyl (C=O) groups is 1. The third kappa shape index (κ3) is 4.78. The van der Waals surface area contributed by atoms with Gasteiger partial charge >= 0.3 is 0 Å². The van der Waals surface area contributed by atoms with Crippen LogP contribution in [-0.4, -0.2) is 38.9 Å². The molecule has 0 atom stereocenters. The lowest BCUT2D eigenvalue weighted by molar-refractivity contribution is -0.184. The van der Waals surface area contributed by atoms with Gasteiger partial charge in [-0.25, -0.2) is 8.42 Å². The summed E-state index contributed by atoms with van der Waals surface area (Å²) >= 11 is 6.16. The first-order valence-corrected chi connectivity index (χ1v) is 10.4. The van der Waals surface area contributed by atoms with Gasteiger partial charge in [0.15, 0.2) is 0 Å². The Morgan fingerprint density at radius 2 is 1.89 bits per heavy atom. The van der Waals surface area contributed by atoms with Gasteiger partial charge in [0.05, 0.1) is 19.5 Å². The minimum atomic E-state index is -3.38. The van der Waals surface area contributed by atoms with Crippen molar-refractivity contribution in [1.29, 1.82) is 0 Å². The molecule has 2 aromatic carbocycles. The van der Waals surface area contributed by atoms with Crippen molar-refractivity contribution in [3.8, 4) is 0 Å².